The molecular weight excluding hydrogens is 361 g/mol. The Hall–Kier alpha value is -1.64. The topological polar surface area (TPSA) is 13.1 Å². The number of alkyl halides is 7. The summed E-state index contributed by atoms with van der Waals surface area (Å²) in [5, 5.41) is -5.40. The molecule has 0 saturated heterocycles. The molecule has 1 nitrogen and oxygen atoms in total. The molecule has 0 N–H and O–H groups in total. The van der Waals surface area contributed by atoms with Crippen LogP contribution in [0.1, 0.15) is 11.1 Å². The number of hydrogen-bond donors (Lipinski definition) is 0. The van der Waals surface area contributed by atoms with Gasteiger partial charge in [0.15, 0.2) is 0 Å². The predicted molar refractivity (Wildman–Crippen MR) is 74.3 cm³/mol. The normalized spacial score (nSPS) is 13.4. The Morgan fingerprint density at radius 1 is 1.04 bits per heavy atom. The Bertz CT molecular complexity index is 720. The maximum Gasteiger partial charge on any atom is 0.460 e. The van der Waals surface area contributed by atoms with Gasteiger partial charge in [-0.3, -0.25) is 0 Å². The van der Waals surface area contributed by atoms with Gasteiger partial charge in [0.25, 0.3) is 0 Å². The molecule has 0 spiro atoms. The summed E-state index contributed by atoms with van der Waals surface area (Å²) in [5.74, 6) is -6.12. The van der Waals surface area contributed by atoms with Crippen LogP contribution in [0.15, 0.2) is 33.8 Å². The van der Waals surface area contributed by atoms with E-state index in [1.165, 1.54) is 32.2 Å². The number of aryl methyl sites for hydroxylation is 2. The van der Waals surface area contributed by atoms with Crippen molar-refractivity contribution in [1.82, 2.24) is 0 Å². The minimum Gasteiger partial charge on any atom is -0.464 e. The third-order valence-corrected chi connectivity index (χ3v) is 4.14. The number of hydrogen-bond acceptors (Lipinski definition) is 2. The van der Waals surface area contributed by atoms with Gasteiger partial charge >= 0.3 is 17.4 Å². The third-order valence-electron chi connectivity index (χ3n) is 3.08. The minimum absolute atomic E-state index is 0.00625. The molecule has 0 unspecified atom stereocenters. The van der Waals surface area contributed by atoms with Crippen molar-refractivity contribution in [3.63, 3.8) is 0 Å². The monoisotopic (exact) mass is 371 g/mol. The lowest BCUT2D eigenvalue weighted by atomic mass is 10.0. The molecule has 2 aromatic rings. The van der Waals surface area contributed by atoms with Gasteiger partial charge in [0.1, 0.15) is 5.76 Å². The van der Waals surface area contributed by atoms with Crippen molar-refractivity contribution in [2.24, 2.45) is 0 Å². The fraction of sp³-hybridized carbons (Fsp3) is 0.333. The summed E-state index contributed by atoms with van der Waals surface area (Å²) >= 11 is -0.850. The lowest BCUT2D eigenvalue weighted by molar-refractivity contribution is -0.330. The van der Waals surface area contributed by atoms with Crippen LogP contribution in [0.5, 0.6) is 0 Å². The minimum atomic E-state index is -6.38. The summed E-state index contributed by atoms with van der Waals surface area (Å²) in [4.78, 5) is -0.451. The molecular formula is C15H10F7OS. The van der Waals surface area contributed by atoms with Crippen molar-refractivity contribution in [1.29, 1.82) is 0 Å². The molecule has 0 aliphatic carbocycles. The van der Waals surface area contributed by atoms with E-state index in [0.717, 1.165) is 6.07 Å². The molecule has 9 heteroatoms. The number of thioether (sulfide) groups is 1. The van der Waals surface area contributed by atoms with E-state index in [-0.39, 0.29) is 11.3 Å². The van der Waals surface area contributed by atoms with Crippen molar-refractivity contribution in [3.05, 3.63) is 41.7 Å². The van der Waals surface area contributed by atoms with Crippen LogP contribution in [0.25, 0.3) is 11.3 Å². The first-order valence-corrected chi connectivity index (χ1v) is 7.27. The maximum atomic E-state index is 13.7. The predicted octanol–water partition coefficient (Wildman–Crippen LogP) is 6.25. The van der Waals surface area contributed by atoms with Gasteiger partial charge in [0.05, 0.1) is 6.26 Å². The first kappa shape index (κ1) is 18.7. The highest BCUT2D eigenvalue weighted by molar-refractivity contribution is 8.00. The van der Waals surface area contributed by atoms with E-state index in [0.29, 0.717) is 11.1 Å². The van der Waals surface area contributed by atoms with Crippen LogP contribution in [0.3, 0.4) is 0 Å². The maximum absolute atomic E-state index is 13.7. The molecule has 0 saturated carbocycles. The molecule has 0 bridgehead atoms. The highest BCUT2D eigenvalue weighted by Crippen LogP contribution is 2.55. The Morgan fingerprint density at radius 2 is 1.67 bits per heavy atom. The molecule has 0 fully saturated rings. The quantitative estimate of drug-likeness (QED) is 0.466. The molecule has 1 heterocycles. The first-order chi connectivity index (χ1) is 10.9. The second kappa shape index (κ2) is 6.02. The fourth-order valence-corrected chi connectivity index (χ4v) is 3.13. The molecule has 1 aromatic heterocycles. The summed E-state index contributed by atoms with van der Waals surface area (Å²) in [6.07, 6.45) is -5.15. The van der Waals surface area contributed by atoms with Crippen LogP contribution in [0, 0.1) is 19.9 Å². The highest BCUT2D eigenvalue weighted by Gasteiger charge is 2.73. The van der Waals surface area contributed by atoms with Gasteiger partial charge in [-0.1, -0.05) is 0 Å². The summed E-state index contributed by atoms with van der Waals surface area (Å²) in [7, 11) is 0. The van der Waals surface area contributed by atoms with Gasteiger partial charge in [-0.05, 0) is 61.0 Å². The van der Waals surface area contributed by atoms with Gasteiger partial charge in [-0.2, -0.15) is 30.7 Å². The summed E-state index contributed by atoms with van der Waals surface area (Å²) in [5.41, 5.74) is 0.600. The van der Waals surface area contributed by atoms with Crippen molar-refractivity contribution < 1.29 is 35.2 Å². The second-order valence-electron chi connectivity index (χ2n) is 4.98. The van der Waals surface area contributed by atoms with E-state index in [9.17, 15) is 30.7 Å². The highest BCUT2D eigenvalue weighted by atomic mass is 32.2. The average Bonchev–Trinajstić information content (AvgIpc) is 2.89. The van der Waals surface area contributed by atoms with Gasteiger partial charge < -0.3 is 4.42 Å². The standard InChI is InChI=1S/C15H10F7OS/c1-8-6-9(2)12(10-4-3-5-23-10)11(7-8)24-15(21,22)13(16,17)14(18,19)20/h3-5,7H,1-2H3. The molecule has 0 aliphatic rings. The molecule has 1 radical (unpaired) electrons. The largest absolute Gasteiger partial charge is 0.464 e. The van der Waals surface area contributed by atoms with E-state index in [1.807, 2.05) is 0 Å². The van der Waals surface area contributed by atoms with Crippen LogP contribution >= 0.6 is 11.8 Å². The van der Waals surface area contributed by atoms with E-state index in [2.05, 4.69) is 6.07 Å². The number of halogens is 7. The van der Waals surface area contributed by atoms with Gasteiger partial charge in [0, 0.05) is 10.5 Å². The number of benzene rings is 1. The molecule has 0 amide bonds. The van der Waals surface area contributed by atoms with Gasteiger partial charge in [0.2, 0.25) is 0 Å². The van der Waals surface area contributed by atoms with Crippen LogP contribution < -0.4 is 0 Å². The van der Waals surface area contributed by atoms with E-state index < -0.39 is 34.0 Å². The second-order valence-corrected chi connectivity index (χ2v) is 6.14. The van der Waals surface area contributed by atoms with Gasteiger partial charge in [-0.15, -0.1) is 0 Å². The molecule has 2 rings (SSSR count). The molecule has 131 valence electrons. The van der Waals surface area contributed by atoms with Crippen molar-refractivity contribution >= 4 is 11.8 Å². The first-order valence-electron chi connectivity index (χ1n) is 6.45. The summed E-state index contributed by atoms with van der Waals surface area (Å²) in [6, 6.07) is 6.68. The zero-order chi connectivity index (χ0) is 18.3. The van der Waals surface area contributed by atoms with Crippen LogP contribution in [-0.2, 0) is 0 Å². The molecule has 24 heavy (non-hydrogen) atoms. The van der Waals surface area contributed by atoms with Crippen molar-refractivity contribution in [2.75, 3.05) is 0 Å². The zero-order valence-electron chi connectivity index (χ0n) is 12.3. The summed E-state index contributed by atoms with van der Waals surface area (Å²) in [6.45, 7) is 2.93. The number of furan rings is 1. The van der Waals surface area contributed by atoms with Crippen LogP contribution in [-0.4, -0.2) is 17.4 Å². The van der Waals surface area contributed by atoms with Crippen molar-refractivity contribution in [2.45, 2.75) is 36.1 Å². The van der Waals surface area contributed by atoms with Crippen LogP contribution in [0.4, 0.5) is 30.7 Å². The zero-order valence-corrected chi connectivity index (χ0v) is 13.1. The average molecular weight is 371 g/mol. The summed E-state index contributed by atoms with van der Waals surface area (Å²) < 4.78 is 95.7. The number of rotatable bonds is 4. The van der Waals surface area contributed by atoms with Crippen molar-refractivity contribution in [3.8, 4) is 11.3 Å². The van der Waals surface area contributed by atoms with Crippen LogP contribution in [0.2, 0.25) is 0 Å². The Morgan fingerprint density at radius 3 is 2.17 bits per heavy atom. The van der Waals surface area contributed by atoms with E-state index in [1.54, 1.807) is 0 Å². The Labute approximate surface area is 136 Å². The SMILES string of the molecule is Cc1[c]c(C)c(-c2ccco2)c(SC(F)(F)C(F)(F)C(F)(F)F)c1. The lowest BCUT2D eigenvalue weighted by Gasteiger charge is -2.28. The molecule has 1 aromatic carbocycles. The molecule has 0 atom stereocenters. The van der Waals surface area contributed by atoms with Gasteiger partial charge in [-0.25, -0.2) is 0 Å². The Kier molecular flexibility index (Phi) is 4.69. The lowest BCUT2D eigenvalue weighted by Crippen LogP contribution is -2.49. The Balaban J connectivity index is 2.54. The smallest absolute Gasteiger partial charge is 0.460 e. The fourth-order valence-electron chi connectivity index (χ4n) is 2.02. The van der Waals surface area contributed by atoms with E-state index in [4.69, 9.17) is 4.42 Å². The van der Waals surface area contributed by atoms with E-state index >= 15 is 0 Å². The molecule has 0 aliphatic heterocycles. The third kappa shape index (κ3) is 3.26.